The first-order chi connectivity index (χ1) is 26.5. The smallest absolute Gasteiger partial charge is 0.462 e. The number of carbonyl (C=O) groups is 2. The highest BCUT2D eigenvalue weighted by molar-refractivity contribution is 7.47. The van der Waals surface area contributed by atoms with E-state index in [4.69, 9.17) is 19.1 Å². The number of unbranched alkanes of at least 4 members (excludes halogenated alkanes) is 15. The predicted octanol–water partition coefficient (Wildman–Crippen LogP) is 8.50. The van der Waals surface area contributed by atoms with Gasteiger partial charge in [-0.1, -0.05) is 152 Å². The molecule has 0 aliphatic rings. The first-order valence-corrected chi connectivity index (χ1v) is 22.3. The molecule has 0 aromatic heterocycles. The van der Waals surface area contributed by atoms with Gasteiger partial charge >= 0.3 is 19.8 Å². The molecule has 0 saturated heterocycles. The summed E-state index contributed by atoms with van der Waals surface area (Å²) in [4.78, 5) is 34.9. The second kappa shape index (κ2) is 37.4. The number of esters is 2. The minimum atomic E-state index is -4.67. The van der Waals surface area contributed by atoms with Gasteiger partial charge in [0.15, 0.2) is 6.10 Å². The zero-order valence-corrected chi connectivity index (χ0v) is 34.7. The average Bonchev–Trinajstić information content (AvgIpc) is 3.16. The van der Waals surface area contributed by atoms with Gasteiger partial charge in [0.2, 0.25) is 0 Å². The van der Waals surface area contributed by atoms with Crippen LogP contribution in [-0.2, 0) is 32.7 Å². The van der Waals surface area contributed by atoms with Crippen molar-refractivity contribution in [1.29, 1.82) is 0 Å². The Kier molecular flexibility index (Phi) is 36.0. The summed E-state index contributed by atoms with van der Waals surface area (Å²) >= 11 is 0. The maximum Gasteiger partial charge on any atom is 0.472 e. The minimum absolute atomic E-state index is 0.0183. The first kappa shape index (κ1) is 52.9. The molecule has 0 fully saturated rings. The molecule has 0 bridgehead atoms. The van der Waals surface area contributed by atoms with Crippen molar-refractivity contribution in [1.82, 2.24) is 0 Å². The van der Waals surface area contributed by atoms with Crippen LogP contribution in [0, 0.1) is 0 Å². The number of phosphoric acid groups is 1. The zero-order valence-electron chi connectivity index (χ0n) is 33.9. The van der Waals surface area contributed by atoms with Gasteiger partial charge in [0.05, 0.1) is 32.0 Å². The van der Waals surface area contributed by atoms with Crippen LogP contribution in [0.25, 0.3) is 0 Å². The molecule has 320 valence electrons. The molecular weight excluding hydrogens is 727 g/mol. The average molecular weight is 803 g/mol. The number of ether oxygens (including phenoxy) is 2. The Morgan fingerprint density at radius 1 is 0.618 bits per heavy atom. The molecule has 0 radical (unpaired) electrons. The molecule has 0 aromatic rings. The quantitative estimate of drug-likeness (QED) is 0.0132. The standard InChI is InChI=1S/C42H75O12P/c1-3-5-7-9-11-12-13-14-15-16-17-19-25-31-42(48)54-40(36-53-55(49,50)52-34-39(46)33-43)35-51-41(47)32-26-30-38(45)29-24-21-20-23-28-37(44)27-22-18-10-8-6-4-2/h18,20-24,28-29,37-40,43-46H,3-17,19,25-27,30-36H2,1-2H3,(H,49,50)/b21-20+,22-18-,28-23+,29-24-/t37-,38-,39+,40-/m1/s1. The van der Waals surface area contributed by atoms with E-state index in [2.05, 4.69) is 24.4 Å². The second-order valence-corrected chi connectivity index (χ2v) is 15.5. The van der Waals surface area contributed by atoms with Crippen molar-refractivity contribution >= 4 is 19.8 Å². The molecule has 0 saturated carbocycles. The fourth-order valence-electron chi connectivity index (χ4n) is 5.36. The van der Waals surface area contributed by atoms with Crippen molar-refractivity contribution in [3.8, 4) is 0 Å². The molecule has 13 heteroatoms. The Balaban J connectivity index is 4.58. The molecule has 0 aliphatic carbocycles. The van der Waals surface area contributed by atoms with Gasteiger partial charge in [0.25, 0.3) is 0 Å². The van der Waals surface area contributed by atoms with Gasteiger partial charge < -0.3 is 34.8 Å². The van der Waals surface area contributed by atoms with Crippen LogP contribution in [0.3, 0.4) is 0 Å². The third kappa shape index (κ3) is 37.2. The Bertz CT molecular complexity index is 1090. The van der Waals surface area contributed by atoms with Gasteiger partial charge in [0.1, 0.15) is 12.7 Å². The van der Waals surface area contributed by atoms with Crippen LogP contribution in [0.15, 0.2) is 48.6 Å². The van der Waals surface area contributed by atoms with E-state index in [-0.39, 0.29) is 12.8 Å². The molecule has 0 aliphatic heterocycles. The molecular formula is C42H75O12P. The Morgan fingerprint density at radius 2 is 1.15 bits per heavy atom. The SMILES string of the molecule is CCCCC/C=C\C[C@@H](O)/C=C/C=C/C=C\[C@@H](O)CCCC(=O)OC[C@H](COP(=O)(O)OC[C@@H](O)CO)OC(=O)CCCCCCCCCCCCCCC. The lowest BCUT2D eigenvalue weighted by molar-refractivity contribution is -0.161. The molecule has 0 heterocycles. The van der Waals surface area contributed by atoms with E-state index in [9.17, 15) is 34.4 Å². The Morgan fingerprint density at radius 3 is 1.75 bits per heavy atom. The Labute approximate surface area is 331 Å². The number of phosphoric ester groups is 1. The highest BCUT2D eigenvalue weighted by Gasteiger charge is 2.27. The van der Waals surface area contributed by atoms with Gasteiger partial charge in [-0.05, 0) is 38.5 Å². The van der Waals surface area contributed by atoms with Gasteiger partial charge in [0, 0.05) is 12.8 Å². The van der Waals surface area contributed by atoms with Gasteiger partial charge in [-0.2, -0.15) is 0 Å². The zero-order chi connectivity index (χ0) is 40.8. The van der Waals surface area contributed by atoms with Crippen LogP contribution in [-0.4, -0.2) is 88.1 Å². The molecule has 55 heavy (non-hydrogen) atoms. The van der Waals surface area contributed by atoms with Crippen LogP contribution >= 0.6 is 7.82 Å². The topological polar surface area (TPSA) is 189 Å². The van der Waals surface area contributed by atoms with Crippen molar-refractivity contribution in [3.63, 3.8) is 0 Å². The third-order valence-corrected chi connectivity index (χ3v) is 9.63. The molecule has 0 spiro atoms. The van der Waals surface area contributed by atoms with Gasteiger partial charge in [-0.15, -0.1) is 0 Å². The number of aliphatic hydroxyl groups excluding tert-OH is 4. The van der Waals surface area contributed by atoms with Crippen LogP contribution in [0.2, 0.25) is 0 Å². The number of rotatable bonds is 38. The van der Waals surface area contributed by atoms with E-state index < -0.39 is 70.6 Å². The molecule has 1 unspecified atom stereocenters. The van der Waals surface area contributed by atoms with E-state index in [1.165, 1.54) is 70.6 Å². The molecule has 0 amide bonds. The summed E-state index contributed by atoms with van der Waals surface area (Å²) in [5.74, 6) is -1.17. The van der Waals surface area contributed by atoms with Crippen molar-refractivity contribution in [2.75, 3.05) is 26.4 Å². The highest BCUT2D eigenvalue weighted by atomic mass is 31.2. The van der Waals surface area contributed by atoms with E-state index in [0.29, 0.717) is 25.7 Å². The predicted molar refractivity (Wildman–Crippen MR) is 217 cm³/mol. The van der Waals surface area contributed by atoms with Gasteiger partial charge in [-0.3, -0.25) is 18.6 Å². The van der Waals surface area contributed by atoms with E-state index in [0.717, 1.165) is 32.1 Å². The number of hydrogen-bond donors (Lipinski definition) is 5. The summed E-state index contributed by atoms with van der Waals surface area (Å²) in [6.07, 6.45) is 31.4. The molecule has 5 N–H and O–H groups in total. The number of allylic oxidation sites excluding steroid dienone is 5. The van der Waals surface area contributed by atoms with Crippen molar-refractivity contribution < 1.29 is 58.0 Å². The van der Waals surface area contributed by atoms with Crippen LogP contribution in [0.1, 0.15) is 155 Å². The van der Waals surface area contributed by atoms with E-state index in [1.54, 1.807) is 36.5 Å². The lowest BCUT2D eigenvalue weighted by Gasteiger charge is -2.20. The summed E-state index contributed by atoms with van der Waals surface area (Å²) in [5, 5.41) is 38.5. The molecule has 0 aromatic carbocycles. The lowest BCUT2D eigenvalue weighted by atomic mass is 10.0. The maximum absolute atomic E-state index is 12.6. The highest BCUT2D eigenvalue weighted by Crippen LogP contribution is 2.43. The van der Waals surface area contributed by atoms with E-state index in [1.807, 2.05) is 6.08 Å². The fourth-order valence-corrected chi connectivity index (χ4v) is 6.15. The summed E-state index contributed by atoms with van der Waals surface area (Å²) in [5.41, 5.74) is 0. The summed E-state index contributed by atoms with van der Waals surface area (Å²) in [6.45, 7) is 2.03. The fraction of sp³-hybridized carbons (Fsp3) is 0.762. The lowest BCUT2D eigenvalue weighted by Crippen LogP contribution is -2.30. The number of hydrogen-bond acceptors (Lipinski definition) is 11. The van der Waals surface area contributed by atoms with Crippen LogP contribution in [0.4, 0.5) is 0 Å². The molecule has 0 rings (SSSR count). The second-order valence-electron chi connectivity index (χ2n) is 14.1. The van der Waals surface area contributed by atoms with E-state index >= 15 is 0 Å². The third-order valence-electron chi connectivity index (χ3n) is 8.68. The van der Waals surface area contributed by atoms with Crippen LogP contribution < -0.4 is 0 Å². The monoisotopic (exact) mass is 802 g/mol. The molecule has 5 atom stereocenters. The number of carbonyl (C=O) groups excluding carboxylic acids is 2. The maximum atomic E-state index is 12.6. The van der Waals surface area contributed by atoms with Crippen LogP contribution in [0.5, 0.6) is 0 Å². The Hall–Kier alpha value is -2.15. The normalized spacial score (nSPS) is 15.5. The largest absolute Gasteiger partial charge is 0.472 e. The first-order valence-electron chi connectivity index (χ1n) is 20.8. The minimum Gasteiger partial charge on any atom is -0.462 e. The van der Waals surface area contributed by atoms with Crippen molar-refractivity contribution in [2.24, 2.45) is 0 Å². The summed E-state index contributed by atoms with van der Waals surface area (Å²) < 4.78 is 32.5. The summed E-state index contributed by atoms with van der Waals surface area (Å²) in [7, 11) is -4.67. The summed E-state index contributed by atoms with van der Waals surface area (Å²) in [6, 6.07) is 0. The van der Waals surface area contributed by atoms with Crippen molar-refractivity contribution in [3.05, 3.63) is 48.6 Å². The molecule has 12 nitrogen and oxygen atoms in total. The number of aliphatic hydroxyl groups is 4. The van der Waals surface area contributed by atoms with Gasteiger partial charge in [-0.25, -0.2) is 4.57 Å². The van der Waals surface area contributed by atoms with Crippen molar-refractivity contribution in [2.45, 2.75) is 180 Å².